The summed E-state index contributed by atoms with van der Waals surface area (Å²) in [6.07, 6.45) is 1.10. The molecule has 2 heterocycles. The van der Waals surface area contributed by atoms with Crippen LogP contribution in [0.25, 0.3) is 0 Å². The maximum Gasteiger partial charge on any atom is 0.295 e. The Labute approximate surface area is 140 Å². The summed E-state index contributed by atoms with van der Waals surface area (Å²) in [6, 6.07) is 2.37. The van der Waals surface area contributed by atoms with Crippen LogP contribution in [0.5, 0.6) is 5.75 Å². The highest BCUT2D eigenvalue weighted by molar-refractivity contribution is 5.66. The molecule has 0 radical (unpaired) electrons. The van der Waals surface area contributed by atoms with Gasteiger partial charge in [-0.15, -0.1) is 0 Å². The Morgan fingerprint density at radius 3 is 2.71 bits per heavy atom. The van der Waals surface area contributed by atoms with Crippen LogP contribution >= 0.6 is 0 Å². The van der Waals surface area contributed by atoms with Crippen LogP contribution in [-0.4, -0.2) is 62.9 Å². The van der Waals surface area contributed by atoms with Crippen molar-refractivity contribution in [1.29, 1.82) is 0 Å². The molecule has 2 saturated heterocycles. The molecule has 7 nitrogen and oxygen atoms in total. The van der Waals surface area contributed by atoms with Crippen molar-refractivity contribution in [2.45, 2.75) is 6.42 Å². The Balaban J connectivity index is 1.69. The minimum absolute atomic E-state index is 0.0288. The molecule has 1 aromatic rings. The van der Waals surface area contributed by atoms with Crippen molar-refractivity contribution in [3.05, 3.63) is 28.1 Å². The van der Waals surface area contributed by atoms with E-state index in [2.05, 4.69) is 4.90 Å². The second kappa shape index (κ2) is 7.31. The molecule has 1 atom stereocenters. The Hall–Kier alpha value is -1.93. The maximum absolute atomic E-state index is 13.8. The number of hydrogen-bond donors (Lipinski definition) is 0. The SMILES string of the molecule is COc1cc(N2CCN(C[C@H]3CCOC3)CC2)c([N+](=O)[O-])cc1F. The summed E-state index contributed by atoms with van der Waals surface area (Å²) >= 11 is 0. The second-order valence-corrected chi connectivity index (χ2v) is 6.25. The quantitative estimate of drug-likeness (QED) is 0.603. The first kappa shape index (κ1) is 16.9. The molecule has 132 valence electrons. The van der Waals surface area contributed by atoms with E-state index in [0.29, 0.717) is 24.7 Å². The van der Waals surface area contributed by atoms with Gasteiger partial charge in [0.25, 0.3) is 5.69 Å². The number of nitro groups is 1. The van der Waals surface area contributed by atoms with Crippen molar-refractivity contribution >= 4 is 11.4 Å². The predicted octanol–water partition coefficient (Wildman–Crippen LogP) is 1.90. The van der Waals surface area contributed by atoms with Crippen LogP contribution in [-0.2, 0) is 4.74 Å². The van der Waals surface area contributed by atoms with Gasteiger partial charge in [0, 0.05) is 45.4 Å². The normalized spacial score (nSPS) is 21.9. The van der Waals surface area contributed by atoms with Gasteiger partial charge in [-0.2, -0.15) is 0 Å². The monoisotopic (exact) mass is 339 g/mol. The Morgan fingerprint density at radius 2 is 2.12 bits per heavy atom. The zero-order chi connectivity index (χ0) is 17.1. The smallest absolute Gasteiger partial charge is 0.295 e. The number of ether oxygens (including phenoxy) is 2. The molecule has 24 heavy (non-hydrogen) atoms. The van der Waals surface area contributed by atoms with E-state index in [1.165, 1.54) is 13.2 Å². The molecule has 0 amide bonds. The Morgan fingerprint density at radius 1 is 1.38 bits per heavy atom. The van der Waals surface area contributed by atoms with Gasteiger partial charge in [-0.05, 0) is 12.3 Å². The van der Waals surface area contributed by atoms with E-state index in [4.69, 9.17) is 9.47 Å². The van der Waals surface area contributed by atoms with Crippen LogP contribution in [0, 0.1) is 21.8 Å². The van der Waals surface area contributed by atoms with Crippen LogP contribution in [0.2, 0.25) is 0 Å². The summed E-state index contributed by atoms with van der Waals surface area (Å²) in [6.45, 7) is 5.66. The number of nitrogens with zero attached hydrogens (tertiary/aromatic N) is 3. The molecule has 0 unspecified atom stereocenters. The first-order chi connectivity index (χ1) is 11.6. The van der Waals surface area contributed by atoms with Crippen molar-refractivity contribution in [3.63, 3.8) is 0 Å². The third kappa shape index (κ3) is 3.59. The summed E-state index contributed by atoms with van der Waals surface area (Å²) in [5, 5.41) is 11.3. The largest absolute Gasteiger partial charge is 0.494 e. The zero-order valence-electron chi connectivity index (χ0n) is 13.7. The van der Waals surface area contributed by atoms with E-state index in [9.17, 15) is 14.5 Å². The average Bonchev–Trinajstić information content (AvgIpc) is 3.08. The van der Waals surface area contributed by atoms with Crippen LogP contribution in [0.4, 0.5) is 15.8 Å². The van der Waals surface area contributed by atoms with Crippen molar-refractivity contribution in [1.82, 2.24) is 4.90 Å². The summed E-state index contributed by atoms with van der Waals surface area (Å²) < 4.78 is 24.2. The minimum Gasteiger partial charge on any atom is -0.494 e. The molecule has 0 spiro atoms. The molecule has 2 aliphatic rings. The van der Waals surface area contributed by atoms with E-state index in [1.807, 2.05) is 4.90 Å². The summed E-state index contributed by atoms with van der Waals surface area (Å²) in [7, 11) is 1.36. The van der Waals surface area contributed by atoms with Gasteiger partial charge in [0.1, 0.15) is 5.69 Å². The molecular formula is C16H22FN3O4. The number of benzene rings is 1. The van der Waals surface area contributed by atoms with Crippen LogP contribution in [0.15, 0.2) is 12.1 Å². The fourth-order valence-corrected chi connectivity index (χ4v) is 3.35. The Kier molecular flexibility index (Phi) is 5.15. The molecule has 0 saturated carbocycles. The zero-order valence-corrected chi connectivity index (χ0v) is 13.7. The van der Waals surface area contributed by atoms with E-state index in [0.717, 1.165) is 45.3 Å². The number of hydrogen-bond acceptors (Lipinski definition) is 6. The maximum atomic E-state index is 13.8. The van der Waals surface area contributed by atoms with Crippen LogP contribution < -0.4 is 9.64 Å². The number of nitro benzene ring substituents is 1. The fraction of sp³-hybridized carbons (Fsp3) is 0.625. The van der Waals surface area contributed by atoms with Gasteiger partial charge in [0.05, 0.1) is 24.7 Å². The lowest BCUT2D eigenvalue weighted by Gasteiger charge is -2.36. The van der Waals surface area contributed by atoms with E-state index in [1.54, 1.807) is 0 Å². The van der Waals surface area contributed by atoms with E-state index >= 15 is 0 Å². The molecule has 1 aromatic carbocycles. The Bertz CT molecular complexity index is 599. The molecule has 0 bridgehead atoms. The third-order valence-electron chi connectivity index (χ3n) is 4.70. The summed E-state index contributed by atoms with van der Waals surface area (Å²) in [5.74, 6) is -0.106. The van der Waals surface area contributed by atoms with Gasteiger partial charge in [-0.3, -0.25) is 15.0 Å². The number of piperazine rings is 1. The molecule has 0 aliphatic carbocycles. The van der Waals surface area contributed by atoms with Crippen LogP contribution in [0.3, 0.4) is 0 Å². The first-order valence-electron chi connectivity index (χ1n) is 8.15. The molecule has 2 fully saturated rings. The van der Waals surface area contributed by atoms with Crippen molar-refractivity contribution in [2.24, 2.45) is 5.92 Å². The summed E-state index contributed by atoms with van der Waals surface area (Å²) in [5.41, 5.74) is 0.202. The second-order valence-electron chi connectivity index (χ2n) is 6.25. The lowest BCUT2D eigenvalue weighted by molar-refractivity contribution is -0.384. The first-order valence-corrected chi connectivity index (χ1v) is 8.15. The minimum atomic E-state index is -0.715. The predicted molar refractivity (Wildman–Crippen MR) is 87.2 cm³/mol. The van der Waals surface area contributed by atoms with Gasteiger partial charge in [-0.1, -0.05) is 0 Å². The van der Waals surface area contributed by atoms with Gasteiger partial charge in [-0.25, -0.2) is 4.39 Å². The molecular weight excluding hydrogens is 317 g/mol. The number of methoxy groups -OCH3 is 1. The standard InChI is InChI=1S/C16H22FN3O4/c1-23-16-9-14(15(20(21)22)8-13(16)17)19-5-3-18(4-6-19)10-12-2-7-24-11-12/h8-9,12H,2-7,10-11H2,1H3/t12-/m1/s1. The van der Waals surface area contributed by atoms with E-state index < -0.39 is 10.7 Å². The molecule has 8 heteroatoms. The molecule has 0 aromatic heterocycles. The van der Waals surface area contributed by atoms with Crippen molar-refractivity contribution in [3.8, 4) is 5.75 Å². The lowest BCUT2D eigenvalue weighted by Crippen LogP contribution is -2.48. The number of halogens is 1. The van der Waals surface area contributed by atoms with E-state index in [-0.39, 0.29) is 11.4 Å². The highest BCUT2D eigenvalue weighted by Gasteiger charge is 2.27. The van der Waals surface area contributed by atoms with Gasteiger partial charge in [0.15, 0.2) is 11.6 Å². The van der Waals surface area contributed by atoms with Gasteiger partial charge >= 0.3 is 0 Å². The summed E-state index contributed by atoms with van der Waals surface area (Å²) in [4.78, 5) is 15.0. The number of anilines is 1. The fourth-order valence-electron chi connectivity index (χ4n) is 3.35. The third-order valence-corrected chi connectivity index (χ3v) is 4.70. The van der Waals surface area contributed by atoms with Gasteiger partial charge in [0.2, 0.25) is 0 Å². The number of rotatable bonds is 5. The van der Waals surface area contributed by atoms with Crippen LogP contribution in [0.1, 0.15) is 6.42 Å². The molecule has 0 N–H and O–H groups in total. The highest BCUT2D eigenvalue weighted by atomic mass is 19.1. The lowest BCUT2D eigenvalue weighted by atomic mass is 10.1. The molecule has 3 rings (SSSR count). The average molecular weight is 339 g/mol. The van der Waals surface area contributed by atoms with Crippen molar-refractivity contribution < 1.29 is 18.8 Å². The highest BCUT2D eigenvalue weighted by Crippen LogP contribution is 2.35. The molecule has 2 aliphatic heterocycles. The van der Waals surface area contributed by atoms with Gasteiger partial charge < -0.3 is 14.4 Å². The van der Waals surface area contributed by atoms with Crippen molar-refractivity contribution in [2.75, 3.05) is 57.9 Å². The topological polar surface area (TPSA) is 68.1 Å².